The van der Waals surface area contributed by atoms with E-state index in [1.807, 2.05) is 0 Å². The molecule has 17 heavy (non-hydrogen) atoms. The lowest BCUT2D eigenvalue weighted by molar-refractivity contribution is 0.656. The molecule has 86 valence electrons. The monoisotopic (exact) mass is 227 g/mol. The minimum Gasteiger partial charge on any atom is -0.322 e. The summed E-state index contributed by atoms with van der Waals surface area (Å²) in [6, 6.07) is 4.99. The normalized spacial score (nSPS) is 12.4. The van der Waals surface area contributed by atoms with Crippen LogP contribution in [-0.4, -0.2) is 9.55 Å². The Morgan fingerprint density at radius 3 is 2.82 bits per heavy atom. The average molecular weight is 227 g/mol. The number of benzene rings is 1. The molecule has 1 aromatic carbocycles. The highest BCUT2D eigenvalue weighted by molar-refractivity contribution is 5.84. The van der Waals surface area contributed by atoms with E-state index in [0.717, 1.165) is 0 Å². The SMILES string of the molecule is C#Cc1cccc2nc(C(C)N)n(C)c(=O)c12. The first-order valence-electron chi connectivity index (χ1n) is 5.28. The van der Waals surface area contributed by atoms with Gasteiger partial charge in [-0.3, -0.25) is 9.36 Å². The zero-order chi connectivity index (χ0) is 12.6. The van der Waals surface area contributed by atoms with Crippen LogP contribution in [0.25, 0.3) is 10.9 Å². The van der Waals surface area contributed by atoms with Gasteiger partial charge in [-0.2, -0.15) is 0 Å². The van der Waals surface area contributed by atoms with Crippen LogP contribution < -0.4 is 11.3 Å². The number of hydrogen-bond acceptors (Lipinski definition) is 3. The fourth-order valence-electron chi connectivity index (χ4n) is 1.86. The maximum absolute atomic E-state index is 12.2. The number of fused-ring (bicyclic) bond motifs is 1. The van der Waals surface area contributed by atoms with Crippen molar-refractivity contribution < 1.29 is 0 Å². The second-order valence-electron chi connectivity index (χ2n) is 3.97. The summed E-state index contributed by atoms with van der Waals surface area (Å²) in [6.07, 6.45) is 5.38. The number of hydrogen-bond donors (Lipinski definition) is 1. The molecule has 2 rings (SSSR count). The van der Waals surface area contributed by atoms with Crippen LogP contribution in [0.2, 0.25) is 0 Å². The highest BCUT2D eigenvalue weighted by Gasteiger charge is 2.12. The van der Waals surface area contributed by atoms with Gasteiger partial charge < -0.3 is 5.73 Å². The molecule has 1 heterocycles. The molecule has 4 heteroatoms. The molecule has 2 N–H and O–H groups in total. The van der Waals surface area contributed by atoms with Crippen LogP contribution in [0.5, 0.6) is 0 Å². The quantitative estimate of drug-likeness (QED) is 0.737. The van der Waals surface area contributed by atoms with Crippen molar-refractivity contribution in [1.82, 2.24) is 9.55 Å². The zero-order valence-electron chi connectivity index (χ0n) is 9.77. The first-order chi connectivity index (χ1) is 8.06. The Hall–Kier alpha value is -2.12. The third-order valence-corrected chi connectivity index (χ3v) is 2.70. The summed E-state index contributed by atoms with van der Waals surface area (Å²) in [5, 5.41) is 0.474. The topological polar surface area (TPSA) is 60.9 Å². The predicted octanol–water partition coefficient (Wildman–Crippen LogP) is 0.934. The van der Waals surface area contributed by atoms with Crippen molar-refractivity contribution in [3.8, 4) is 12.3 Å². The van der Waals surface area contributed by atoms with Crippen molar-refractivity contribution in [2.45, 2.75) is 13.0 Å². The first kappa shape index (κ1) is 11.4. The highest BCUT2D eigenvalue weighted by atomic mass is 16.1. The van der Waals surface area contributed by atoms with Crippen LogP contribution in [-0.2, 0) is 7.05 Å². The van der Waals surface area contributed by atoms with Gasteiger partial charge in [-0.25, -0.2) is 4.98 Å². The number of nitrogens with zero attached hydrogens (tertiary/aromatic N) is 2. The van der Waals surface area contributed by atoms with E-state index in [0.29, 0.717) is 22.3 Å². The fraction of sp³-hybridized carbons (Fsp3) is 0.231. The van der Waals surface area contributed by atoms with Crippen molar-refractivity contribution in [3.05, 3.63) is 39.9 Å². The third kappa shape index (κ3) is 1.71. The van der Waals surface area contributed by atoms with Gasteiger partial charge >= 0.3 is 0 Å². The molecule has 0 amide bonds. The standard InChI is InChI=1S/C13H13N3O/c1-4-9-6-5-7-10-11(9)13(17)16(3)12(15-10)8(2)14/h1,5-8H,14H2,2-3H3. The van der Waals surface area contributed by atoms with Gasteiger partial charge in [-0.15, -0.1) is 6.42 Å². The summed E-state index contributed by atoms with van der Waals surface area (Å²) in [5.41, 5.74) is 6.78. The summed E-state index contributed by atoms with van der Waals surface area (Å²) in [7, 11) is 1.65. The van der Waals surface area contributed by atoms with Crippen LogP contribution in [0.1, 0.15) is 24.4 Å². The van der Waals surface area contributed by atoms with E-state index in [-0.39, 0.29) is 11.6 Å². The first-order valence-corrected chi connectivity index (χ1v) is 5.28. The molecule has 0 bridgehead atoms. The fourth-order valence-corrected chi connectivity index (χ4v) is 1.86. The third-order valence-electron chi connectivity index (χ3n) is 2.70. The van der Waals surface area contributed by atoms with Gasteiger partial charge in [0.1, 0.15) is 5.82 Å². The van der Waals surface area contributed by atoms with Gasteiger partial charge in [0.05, 0.1) is 16.9 Å². The summed E-state index contributed by atoms with van der Waals surface area (Å²) < 4.78 is 1.45. The molecule has 0 saturated heterocycles. The van der Waals surface area contributed by atoms with E-state index in [4.69, 9.17) is 12.2 Å². The lowest BCUT2D eigenvalue weighted by Gasteiger charge is -2.12. The van der Waals surface area contributed by atoms with Gasteiger partial charge in [-0.1, -0.05) is 12.0 Å². The zero-order valence-corrected chi connectivity index (χ0v) is 9.77. The molecule has 1 atom stereocenters. The number of rotatable bonds is 1. The second-order valence-corrected chi connectivity index (χ2v) is 3.97. The van der Waals surface area contributed by atoms with E-state index < -0.39 is 0 Å². The van der Waals surface area contributed by atoms with Crippen LogP contribution >= 0.6 is 0 Å². The molecule has 0 aliphatic rings. The number of aromatic nitrogens is 2. The molecule has 0 aliphatic carbocycles. The molecule has 0 radical (unpaired) electrons. The maximum atomic E-state index is 12.2. The Labute approximate surface area is 99.1 Å². The molecule has 0 fully saturated rings. The summed E-state index contributed by atoms with van der Waals surface area (Å²) in [5.74, 6) is 3.05. The van der Waals surface area contributed by atoms with Gasteiger partial charge in [0.15, 0.2) is 0 Å². The van der Waals surface area contributed by atoms with Gasteiger partial charge in [0.25, 0.3) is 5.56 Å². The van der Waals surface area contributed by atoms with Gasteiger partial charge in [0, 0.05) is 12.6 Å². The van der Waals surface area contributed by atoms with Crippen molar-refractivity contribution in [1.29, 1.82) is 0 Å². The number of nitrogens with two attached hydrogens (primary N) is 1. The Morgan fingerprint density at radius 2 is 2.24 bits per heavy atom. The molecular formula is C13H13N3O. The molecule has 4 nitrogen and oxygen atoms in total. The van der Waals surface area contributed by atoms with Crippen molar-refractivity contribution in [3.63, 3.8) is 0 Å². The Balaban J connectivity index is 2.97. The van der Waals surface area contributed by atoms with Crippen LogP contribution in [0.3, 0.4) is 0 Å². The summed E-state index contributed by atoms with van der Waals surface area (Å²) >= 11 is 0. The Kier molecular flexibility index (Phi) is 2.70. The van der Waals surface area contributed by atoms with Crippen molar-refractivity contribution in [2.75, 3.05) is 0 Å². The van der Waals surface area contributed by atoms with E-state index in [9.17, 15) is 4.79 Å². The van der Waals surface area contributed by atoms with Crippen LogP contribution in [0, 0.1) is 12.3 Å². The van der Waals surface area contributed by atoms with Crippen LogP contribution in [0.15, 0.2) is 23.0 Å². The second kappa shape index (κ2) is 4.04. The van der Waals surface area contributed by atoms with E-state index in [1.165, 1.54) is 4.57 Å². The Morgan fingerprint density at radius 1 is 1.53 bits per heavy atom. The Bertz CT molecular complexity index is 677. The maximum Gasteiger partial charge on any atom is 0.262 e. The highest BCUT2D eigenvalue weighted by Crippen LogP contribution is 2.14. The molecule has 1 unspecified atom stereocenters. The minimum atomic E-state index is -0.299. The van der Waals surface area contributed by atoms with E-state index in [2.05, 4.69) is 10.9 Å². The lowest BCUT2D eigenvalue weighted by atomic mass is 10.1. The van der Waals surface area contributed by atoms with Crippen molar-refractivity contribution >= 4 is 10.9 Å². The molecule has 0 aliphatic heterocycles. The average Bonchev–Trinajstić information content (AvgIpc) is 2.32. The minimum absolute atomic E-state index is 0.157. The summed E-state index contributed by atoms with van der Waals surface area (Å²) in [4.78, 5) is 16.6. The molecule has 1 aromatic heterocycles. The van der Waals surface area contributed by atoms with E-state index >= 15 is 0 Å². The van der Waals surface area contributed by atoms with Gasteiger partial charge in [-0.05, 0) is 19.1 Å². The summed E-state index contributed by atoms with van der Waals surface area (Å²) in [6.45, 7) is 1.79. The largest absolute Gasteiger partial charge is 0.322 e. The number of terminal acetylenes is 1. The molecular weight excluding hydrogens is 214 g/mol. The van der Waals surface area contributed by atoms with Gasteiger partial charge in [0.2, 0.25) is 0 Å². The predicted molar refractivity (Wildman–Crippen MR) is 67.5 cm³/mol. The molecule has 2 aromatic rings. The molecule has 0 spiro atoms. The lowest BCUT2D eigenvalue weighted by Crippen LogP contribution is -2.26. The van der Waals surface area contributed by atoms with E-state index in [1.54, 1.807) is 32.2 Å². The van der Waals surface area contributed by atoms with Crippen LogP contribution in [0.4, 0.5) is 0 Å². The van der Waals surface area contributed by atoms with Crippen molar-refractivity contribution in [2.24, 2.45) is 12.8 Å². The smallest absolute Gasteiger partial charge is 0.262 e. The molecule has 0 saturated carbocycles.